The second-order valence-electron chi connectivity index (χ2n) is 7.80. The lowest BCUT2D eigenvalue weighted by Crippen LogP contribution is -2.50. The lowest BCUT2D eigenvalue weighted by Gasteiger charge is -2.38. The minimum atomic E-state index is -0.755. The van der Waals surface area contributed by atoms with E-state index in [1.807, 2.05) is 25.1 Å². The highest BCUT2D eigenvalue weighted by molar-refractivity contribution is 5.99. The van der Waals surface area contributed by atoms with Crippen molar-refractivity contribution in [3.05, 3.63) is 48.0 Å². The van der Waals surface area contributed by atoms with Crippen LogP contribution in [0.25, 0.3) is 11.0 Å². The maximum atomic E-state index is 15.0. The fourth-order valence-electron chi connectivity index (χ4n) is 4.26. The Morgan fingerprint density at radius 2 is 1.90 bits per heavy atom. The number of likely N-dealkylation sites (N-methyl/N-ethyl adjacent to an activating group) is 2. The van der Waals surface area contributed by atoms with E-state index in [1.165, 1.54) is 0 Å². The maximum absolute atomic E-state index is 15.0. The van der Waals surface area contributed by atoms with Gasteiger partial charge in [-0.3, -0.25) is 14.8 Å². The van der Waals surface area contributed by atoms with Gasteiger partial charge in [0, 0.05) is 37.2 Å². The Morgan fingerprint density at radius 1 is 1.16 bits per heavy atom. The number of amides is 1. The molecule has 8 nitrogen and oxygen atoms in total. The van der Waals surface area contributed by atoms with E-state index in [2.05, 4.69) is 25.6 Å². The Morgan fingerprint density at radius 3 is 2.65 bits per heavy atom. The lowest BCUT2D eigenvalue weighted by atomic mass is 9.89. The predicted octanol–water partition coefficient (Wildman–Crippen LogP) is 2.97. The summed E-state index contributed by atoms with van der Waals surface area (Å²) in [6.07, 6.45) is 7.41. The molecule has 4 N–H and O–H groups in total. The Bertz CT molecular complexity index is 1110. The quantitative estimate of drug-likeness (QED) is 0.559. The Kier molecular flexibility index (Phi) is 5.94. The van der Waals surface area contributed by atoms with Crippen molar-refractivity contribution in [3.63, 3.8) is 0 Å². The molecule has 31 heavy (non-hydrogen) atoms. The summed E-state index contributed by atoms with van der Waals surface area (Å²) in [6, 6.07) is 6.90. The predicted molar refractivity (Wildman–Crippen MR) is 119 cm³/mol. The number of fused-ring (bicyclic) bond motifs is 1. The number of rotatable bonds is 6. The third-order valence-corrected chi connectivity index (χ3v) is 5.89. The van der Waals surface area contributed by atoms with Gasteiger partial charge in [-0.25, -0.2) is 9.37 Å². The number of nitrogens with one attached hydrogen (secondary N) is 2. The van der Waals surface area contributed by atoms with Crippen LogP contribution in [0.5, 0.6) is 0 Å². The van der Waals surface area contributed by atoms with Gasteiger partial charge in [-0.05, 0) is 44.2 Å². The fraction of sp³-hybridized carbons (Fsp3) is 0.364. The highest BCUT2D eigenvalue weighted by atomic mass is 19.1. The summed E-state index contributed by atoms with van der Waals surface area (Å²) in [7, 11) is 3.76. The van der Waals surface area contributed by atoms with E-state index in [0.29, 0.717) is 11.2 Å². The molecule has 9 heteroatoms. The third kappa shape index (κ3) is 4.27. The zero-order chi connectivity index (χ0) is 22.0. The molecule has 1 amide bonds. The molecule has 1 aliphatic rings. The van der Waals surface area contributed by atoms with E-state index in [9.17, 15) is 9.18 Å². The number of carbonyl (C=O) groups excluding carboxylic acids is 1. The zero-order valence-corrected chi connectivity index (χ0v) is 17.6. The lowest BCUT2D eigenvalue weighted by molar-refractivity contribution is 0.100. The minimum absolute atomic E-state index is 0.0114. The molecule has 0 radical (unpaired) electrons. The molecule has 2 heterocycles. The average Bonchev–Trinajstić information content (AvgIpc) is 2.79. The molecule has 0 spiro atoms. The molecule has 162 valence electrons. The highest BCUT2D eigenvalue weighted by Crippen LogP contribution is 2.30. The second-order valence-corrected chi connectivity index (χ2v) is 7.80. The number of primary amides is 1. The number of halogens is 1. The van der Waals surface area contributed by atoms with Gasteiger partial charge in [0.15, 0.2) is 11.6 Å². The van der Waals surface area contributed by atoms with Crippen molar-refractivity contribution in [2.45, 2.75) is 37.8 Å². The molecule has 2 atom stereocenters. The van der Waals surface area contributed by atoms with E-state index in [-0.39, 0.29) is 29.3 Å². The molecule has 3 aromatic rings. The van der Waals surface area contributed by atoms with Gasteiger partial charge in [-0.2, -0.15) is 0 Å². The molecule has 4 rings (SSSR count). The van der Waals surface area contributed by atoms with Crippen molar-refractivity contribution in [2.75, 3.05) is 24.3 Å². The van der Waals surface area contributed by atoms with E-state index in [0.717, 1.165) is 37.3 Å². The monoisotopic (exact) mass is 423 g/mol. The molecule has 1 aliphatic carbocycles. The Hall–Kier alpha value is -3.33. The van der Waals surface area contributed by atoms with Gasteiger partial charge in [0.2, 0.25) is 0 Å². The minimum Gasteiger partial charge on any atom is -0.365 e. The number of hydrogen-bond donors (Lipinski definition) is 3. The number of pyridine rings is 1. The summed E-state index contributed by atoms with van der Waals surface area (Å²) in [6.45, 7) is 0. The number of nitrogens with two attached hydrogens (primary N) is 1. The van der Waals surface area contributed by atoms with Crippen LogP contribution in [0.3, 0.4) is 0 Å². The van der Waals surface area contributed by atoms with Gasteiger partial charge in [0.1, 0.15) is 5.82 Å². The van der Waals surface area contributed by atoms with Gasteiger partial charge in [0.05, 0.1) is 16.6 Å². The molecule has 2 aromatic heterocycles. The SMILES string of the molecule is CNC1CCCCC1N(C)c1nc(Nc2ccc3nccnc3c2)c(C(N)=O)cc1F. The summed E-state index contributed by atoms with van der Waals surface area (Å²) in [5.41, 5.74) is 7.57. The fourth-order valence-corrected chi connectivity index (χ4v) is 4.26. The van der Waals surface area contributed by atoms with Crippen molar-refractivity contribution in [1.29, 1.82) is 0 Å². The van der Waals surface area contributed by atoms with Crippen LogP contribution in [-0.4, -0.2) is 47.0 Å². The van der Waals surface area contributed by atoms with E-state index < -0.39 is 11.7 Å². The number of nitrogens with zero attached hydrogens (tertiary/aromatic N) is 4. The standard InChI is InChI=1S/C22H26FN7O/c1-25-17-5-3-4-6-19(17)30(2)22-15(23)12-14(20(24)31)21(29-22)28-13-7-8-16-18(11-13)27-10-9-26-16/h7-12,17,19,25H,3-6H2,1-2H3,(H2,24,31)(H,28,29). The second kappa shape index (κ2) is 8.81. The van der Waals surface area contributed by atoms with Crippen LogP contribution in [0.15, 0.2) is 36.7 Å². The van der Waals surface area contributed by atoms with E-state index in [4.69, 9.17) is 5.73 Å². The first-order valence-corrected chi connectivity index (χ1v) is 10.4. The van der Waals surface area contributed by atoms with Crippen LogP contribution in [0.4, 0.5) is 21.7 Å². The molecule has 1 aromatic carbocycles. The first-order valence-electron chi connectivity index (χ1n) is 10.4. The number of hydrogen-bond acceptors (Lipinski definition) is 7. The molecule has 0 saturated heterocycles. The van der Waals surface area contributed by atoms with Crippen molar-refractivity contribution in [2.24, 2.45) is 5.73 Å². The van der Waals surface area contributed by atoms with Crippen LogP contribution in [0.1, 0.15) is 36.0 Å². The van der Waals surface area contributed by atoms with Crippen molar-refractivity contribution < 1.29 is 9.18 Å². The van der Waals surface area contributed by atoms with Crippen LogP contribution in [-0.2, 0) is 0 Å². The van der Waals surface area contributed by atoms with Gasteiger partial charge in [-0.1, -0.05) is 12.8 Å². The molecule has 0 bridgehead atoms. The number of carbonyl (C=O) groups is 1. The van der Waals surface area contributed by atoms with Crippen molar-refractivity contribution >= 4 is 34.3 Å². The van der Waals surface area contributed by atoms with E-state index >= 15 is 0 Å². The van der Waals surface area contributed by atoms with Gasteiger partial charge >= 0.3 is 0 Å². The van der Waals surface area contributed by atoms with Gasteiger partial charge < -0.3 is 21.3 Å². The smallest absolute Gasteiger partial charge is 0.252 e. The first kappa shape index (κ1) is 20.9. The number of benzene rings is 1. The van der Waals surface area contributed by atoms with Gasteiger partial charge in [0.25, 0.3) is 5.91 Å². The molecule has 1 fully saturated rings. The summed E-state index contributed by atoms with van der Waals surface area (Å²) in [4.78, 5) is 26.9. The maximum Gasteiger partial charge on any atom is 0.252 e. The largest absolute Gasteiger partial charge is 0.365 e. The summed E-state index contributed by atoms with van der Waals surface area (Å²) in [5.74, 6) is -0.947. The molecular weight excluding hydrogens is 397 g/mol. The van der Waals surface area contributed by atoms with Crippen LogP contribution in [0.2, 0.25) is 0 Å². The topological polar surface area (TPSA) is 109 Å². The summed E-state index contributed by atoms with van der Waals surface area (Å²) in [5, 5.41) is 6.44. The van der Waals surface area contributed by atoms with Crippen LogP contribution < -0.4 is 21.3 Å². The Labute approximate surface area is 180 Å². The molecule has 2 unspecified atom stereocenters. The number of anilines is 3. The summed E-state index contributed by atoms with van der Waals surface area (Å²) >= 11 is 0. The van der Waals surface area contributed by atoms with Crippen LogP contribution >= 0.6 is 0 Å². The number of aromatic nitrogens is 3. The van der Waals surface area contributed by atoms with Gasteiger partial charge in [-0.15, -0.1) is 0 Å². The molecule has 1 saturated carbocycles. The molecule has 0 aliphatic heterocycles. The highest BCUT2D eigenvalue weighted by Gasteiger charge is 2.30. The van der Waals surface area contributed by atoms with Crippen LogP contribution in [0, 0.1) is 5.82 Å². The zero-order valence-electron chi connectivity index (χ0n) is 17.6. The summed E-state index contributed by atoms with van der Waals surface area (Å²) < 4.78 is 15.0. The van der Waals surface area contributed by atoms with Crippen molar-refractivity contribution in [1.82, 2.24) is 20.3 Å². The Balaban J connectivity index is 1.71. The third-order valence-electron chi connectivity index (χ3n) is 5.89. The average molecular weight is 423 g/mol. The first-order chi connectivity index (χ1) is 15.0. The normalized spacial score (nSPS) is 18.7. The van der Waals surface area contributed by atoms with Crippen molar-refractivity contribution in [3.8, 4) is 0 Å². The van der Waals surface area contributed by atoms with E-state index in [1.54, 1.807) is 24.5 Å². The molecular formula is C22H26FN7O.